The summed E-state index contributed by atoms with van der Waals surface area (Å²) in [5.74, 6) is 0.742. The van der Waals surface area contributed by atoms with Gasteiger partial charge in [-0.3, -0.25) is 0 Å². The Bertz CT molecular complexity index is 919. The van der Waals surface area contributed by atoms with Crippen molar-refractivity contribution in [3.05, 3.63) is 45.9 Å². The number of guanidine groups is 1. The van der Waals surface area contributed by atoms with Gasteiger partial charge in [0.25, 0.3) is 0 Å². The number of aryl methyl sites for hydroxylation is 1. The quantitative estimate of drug-likeness (QED) is 0.394. The molecule has 0 saturated heterocycles. The normalized spacial score (nSPS) is 14.8. The highest BCUT2D eigenvalue weighted by molar-refractivity contribution is 7.89. The first kappa shape index (κ1) is 21.7. The SMILES string of the molecule is CCNC(=NCc1ccc(S(=O)(=O)NC2CC2)cc1)NCCc1ncc(CC)s1. The summed E-state index contributed by atoms with van der Waals surface area (Å²) in [4.78, 5) is 10.6. The van der Waals surface area contributed by atoms with E-state index in [0.29, 0.717) is 11.4 Å². The van der Waals surface area contributed by atoms with Gasteiger partial charge < -0.3 is 10.6 Å². The number of nitrogens with zero attached hydrogens (tertiary/aromatic N) is 2. The van der Waals surface area contributed by atoms with Crippen molar-refractivity contribution in [2.45, 2.75) is 57.0 Å². The summed E-state index contributed by atoms with van der Waals surface area (Å²) in [6.07, 6.45) is 5.67. The molecule has 0 bridgehead atoms. The fraction of sp³-hybridized carbons (Fsp3) is 0.500. The van der Waals surface area contributed by atoms with Crippen molar-refractivity contribution in [1.82, 2.24) is 20.3 Å². The number of hydrogen-bond donors (Lipinski definition) is 3. The minimum Gasteiger partial charge on any atom is -0.357 e. The molecule has 2 aromatic rings. The monoisotopic (exact) mass is 435 g/mol. The van der Waals surface area contributed by atoms with Crippen LogP contribution in [0, 0.1) is 0 Å². The largest absolute Gasteiger partial charge is 0.357 e. The Morgan fingerprint density at radius 2 is 1.97 bits per heavy atom. The Kier molecular flexibility index (Phi) is 7.63. The maximum Gasteiger partial charge on any atom is 0.240 e. The number of nitrogens with one attached hydrogen (secondary N) is 3. The molecule has 29 heavy (non-hydrogen) atoms. The molecule has 3 N–H and O–H groups in total. The molecular formula is C20H29N5O2S2. The fourth-order valence-electron chi connectivity index (χ4n) is 2.69. The van der Waals surface area contributed by atoms with Crippen LogP contribution in [0.5, 0.6) is 0 Å². The van der Waals surface area contributed by atoms with Gasteiger partial charge in [-0.25, -0.2) is 23.1 Å². The second-order valence-corrected chi connectivity index (χ2v) is 9.90. The highest BCUT2D eigenvalue weighted by atomic mass is 32.2. The summed E-state index contributed by atoms with van der Waals surface area (Å²) in [6.45, 7) is 6.16. The van der Waals surface area contributed by atoms with E-state index in [9.17, 15) is 8.42 Å². The van der Waals surface area contributed by atoms with E-state index in [0.717, 1.165) is 55.3 Å². The summed E-state index contributed by atoms with van der Waals surface area (Å²) in [7, 11) is -3.41. The van der Waals surface area contributed by atoms with Gasteiger partial charge in [-0.05, 0) is 43.9 Å². The molecule has 0 spiro atoms. The van der Waals surface area contributed by atoms with Crippen LogP contribution in [0.25, 0.3) is 0 Å². The summed E-state index contributed by atoms with van der Waals surface area (Å²) in [6, 6.07) is 7.02. The predicted octanol–water partition coefficient (Wildman–Crippen LogP) is 2.44. The van der Waals surface area contributed by atoms with E-state index in [1.165, 1.54) is 4.88 Å². The van der Waals surface area contributed by atoms with E-state index in [2.05, 4.69) is 32.3 Å². The molecular weight excluding hydrogens is 406 g/mol. The van der Waals surface area contributed by atoms with Gasteiger partial charge in [0.2, 0.25) is 10.0 Å². The van der Waals surface area contributed by atoms with E-state index in [1.54, 1.807) is 23.5 Å². The number of aliphatic imine (C=N–C) groups is 1. The molecule has 158 valence electrons. The van der Waals surface area contributed by atoms with Crippen LogP contribution in [-0.4, -0.2) is 38.5 Å². The lowest BCUT2D eigenvalue weighted by Crippen LogP contribution is -2.38. The fourth-order valence-corrected chi connectivity index (χ4v) is 4.86. The number of hydrogen-bond acceptors (Lipinski definition) is 5. The van der Waals surface area contributed by atoms with Crippen LogP contribution in [0.1, 0.15) is 42.1 Å². The van der Waals surface area contributed by atoms with Crippen molar-refractivity contribution in [3.63, 3.8) is 0 Å². The predicted molar refractivity (Wildman–Crippen MR) is 118 cm³/mol. The van der Waals surface area contributed by atoms with Gasteiger partial charge >= 0.3 is 0 Å². The molecule has 1 aromatic carbocycles. The molecule has 1 heterocycles. The average molecular weight is 436 g/mol. The molecule has 0 radical (unpaired) electrons. The van der Waals surface area contributed by atoms with Crippen molar-refractivity contribution >= 4 is 27.3 Å². The molecule has 3 rings (SSSR count). The zero-order valence-electron chi connectivity index (χ0n) is 16.9. The van der Waals surface area contributed by atoms with Gasteiger partial charge in [0.05, 0.1) is 16.4 Å². The van der Waals surface area contributed by atoms with Gasteiger partial charge in [0.15, 0.2) is 5.96 Å². The maximum atomic E-state index is 12.2. The molecule has 0 atom stereocenters. The zero-order valence-corrected chi connectivity index (χ0v) is 18.6. The second-order valence-electron chi connectivity index (χ2n) is 6.99. The van der Waals surface area contributed by atoms with Crippen LogP contribution >= 0.6 is 11.3 Å². The molecule has 0 aliphatic heterocycles. The lowest BCUT2D eigenvalue weighted by atomic mass is 10.2. The number of aromatic nitrogens is 1. The molecule has 0 unspecified atom stereocenters. The van der Waals surface area contributed by atoms with Gasteiger partial charge in [-0.15, -0.1) is 11.3 Å². The number of sulfonamides is 1. The van der Waals surface area contributed by atoms with Gasteiger partial charge in [-0.1, -0.05) is 19.1 Å². The minimum atomic E-state index is -3.41. The molecule has 1 aliphatic rings. The number of rotatable bonds is 10. The van der Waals surface area contributed by atoms with Crippen LogP contribution in [0.15, 0.2) is 40.4 Å². The first-order valence-electron chi connectivity index (χ1n) is 10.1. The van der Waals surface area contributed by atoms with Crippen LogP contribution in [0.3, 0.4) is 0 Å². The summed E-state index contributed by atoms with van der Waals surface area (Å²) in [5, 5.41) is 7.69. The average Bonchev–Trinajstić information content (AvgIpc) is 3.39. The Morgan fingerprint density at radius 1 is 1.21 bits per heavy atom. The topological polar surface area (TPSA) is 95.5 Å². The van der Waals surface area contributed by atoms with E-state index in [1.807, 2.05) is 25.3 Å². The Balaban J connectivity index is 1.53. The standard InChI is InChI=1S/C20H29N5O2S2/c1-3-17-14-23-19(28-17)11-12-22-20(21-4-2)24-13-15-5-9-18(10-6-15)29(26,27)25-16-7-8-16/h5-6,9-10,14,16,25H,3-4,7-8,11-13H2,1-2H3,(H2,21,22,24). The van der Waals surface area contributed by atoms with Gasteiger partial charge in [0, 0.05) is 36.6 Å². The molecule has 1 aromatic heterocycles. The third kappa shape index (κ3) is 6.80. The lowest BCUT2D eigenvalue weighted by molar-refractivity contribution is 0.581. The first-order chi connectivity index (χ1) is 14.0. The Labute approximate surface area is 177 Å². The van der Waals surface area contributed by atoms with Gasteiger partial charge in [0.1, 0.15) is 0 Å². The summed E-state index contributed by atoms with van der Waals surface area (Å²) in [5.41, 5.74) is 0.958. The van der Waals surface area contributed by atoms with Crippen molar-refractivity contribution in [1.29, 1.82) is 0 Å². The Hall–Kier alpha value is -1.97. The Morgan fingerprint density at radius 3 is 2.59 bits per heavy atom. The van der Waals surface area contributed by atoms with Crippen molar-refractivity contribution < 1.29 is 8.42 Å². The summed E-state index contributed by atoms with van der Waals surface area (Å²) >= 11 is 1.75. The number of thiazole rings is 1. The summed E-state index contributed by atoms with van der Waals surface area (Å²) < 4.78 is 27.2. The third-order valence-corrected chi connectivity index (χ3v) is 7.22. The smallest absolute Gasteiger partial charge is 0.240 e. The highest BCUT2D eigenvalue weighted by Crippen LogP contribution is 2.22. The van der Waals surface area contributed by atoms with Crippen LogP contribution < -0.4 is 15.4 Å². The molecule has 1 aliphatic carbocycles. The molecule has 0 amide bonds. The molecule has 1 fully saturated rings. The molecule has 9 heteroatoms. The van der Waals surface area contributed by atoms with Gasteiger partial charge in [-0.2, -0.15) is 0 Å². The lowest BCUT2D eigenvalue weighted by Gasteiger charge is -2.11. The van der Waals surface area contributed by atoms with E-state index >= 15 is 0 Å². The first-order valence-corrected chi connectivity index (χ1v) is 12.4. The van der Waals surface area contributed by atoms with E-state index in [4.69, 9.17) is 0 Å². The number of benzene rings is 1. The van der Waals surface area contributed by atoms with Crippen molar-refractivity contribution in [3.8, 4) is 0 Å². The second kappa shape index (κ2) is 10.2. The third-order valence-electron chi connectivity index (χ3n) is 4.48. The van der Waals surface area contributed by atoms with Crippen LogP contribution in [-0.2, 0) is 29.4 Å². The molecule has 7 nitrogen and oxygen atoms in total. The molecule has 1 saturated carbocycles. The van der Waals surface area contributed by atoms with Crippen molar-refractivity contribution in [2.75, 3.05) is 13.1 Å². The van der Waals surface area contributed by atoms with Crippen LogP contribution in [0.2, 0.25) is 0 Å². The van der Waals surface area contributed by atoms with E-state index < -0.39 is 10.0 Å². The maximum absolute atomic E-state index is 12.2. The van der Waals surface area contributed by atoms with Crippen molar-refractivity contribution in [2.24, 2.45) is 4.99 Å². The minimum absolute atomic E-state index is 0.107. The van der Waals surface area contributed by atoms with E-state index in [-0.39, 0.29) is 6.04 Å². The van der Waals surface area contributed by atoms with Crippen LogP contribution in [0.4, 0.5) is 0 Å². The zero-order chi connectivity index (χ0) is 20.7. The highest BCUT2D eigenvalue weighted by Gasteiger charge is 2.27.